The van der Waals surface area contributed by atoms with Crippen LogP contribution in [0.15, 0.2) is 30.6 Å². The third kappa shape index (κ3) is 2.54. The van der Waals surface area contributed by atoms with Crippen LogP contribution in [0.3, 0.4) is 0 Å². The van der Waals surface area contributed by atoms with Crippen molar-refractivity contribution in [2.75, 3.05) is 11.1 Å². The van der Waals surface area contributed by atoms with Gasteiger partial charge in [0.05, 0.1) is 5.02 Å². The maximum Gasteiger partial charge on any atom is 0.153 e. The largest absolute Gasteiger partial charge is 0.382 e. The number of anilines is 2. The Morgan fingerprint density at radius 2 is 2.06 bits per heavy atom. The fourth-order valence-electron chi connectivity index (χ4n) is 1.32. The molecule has 0 saturated carbocycles. The van der Waals surface area contributed by atoms with E-state index in [0.717, 1.165) is 0 Å². The standard InChI is InChI=1S/C11H9ClFN5/c12-7-5-6(1-2-8(7)13)18-11(15)9-10(14)17-4-3-16-9/h1-5H,(H2,14,17)(H2,15,18). The molecule has 0 aliphatic carbocycles. The van der Waals surface area contributed by atoms with Crippen LogP contribution in [-0.2, 0) is 0 Å². The predicted octanol–water partition coefficient (Wildman–Crippen LogP) is 2.29. The highest BCUT2D eigenvalue weighted by molar-refractivity contribution is 6.31. The zero-order valence-electron chi connectivity index (χ0n) is 9.11. The highest BCUT2D eigenvalue weighted by Gasteiger charge is 2.09. The number of amidine groups is 1. The van der Waals surface area contributed by atoms with Gasteiger partial charge in [-0.05, 0) is 18.2 Å². The van der Waals surface area contributed by atoms with Crippen LogP contribution < -0.4 is 11.1 Å². The lowest BCUT2D eigenvalue weighted by Gasteiger charge is -2.08. The summed E-state index contributed by atoms with van der Waals surface area (Å²) in [6.45, 7) is 0. The molecule has 0 atom stereocenters. The summed E-state index contributed by atoms with van der Waals surface area (Å²) in [6, 6.07) is 4.04. The molecule has 0 spiro atoms. The molecule has 4 N–H and O–H groups in total. The van der Waals surface area contributed by atoms with E-state index in [1.807, 2.05) is 0 Å². The van der Waals surface area contributed by atoms with Crippen molar-refractivity contribution in [3.8, 4) is 0 Å². The lowest BCUT2D eigenvalue weighted by molar-refractivity contribution is 0.628. The third-order valence-corrected chi connectivity index (χ3v) is 2.44. The minimum absolute atomic E-state index is 0.0279. The first-order chi connectivity index (χ1) is 8.58. The van der Waals surface area contributed by atoms with Crippen molar-refractivity contribution in [2.24, 2.45) is 0 Å². The Hall–Kier alpha value is -2.21. The molecule has 1 aromatic carbocycles. The number of rotatable bonds is 2. The molecule has 0 aliphatic rings. The van der Waals surface area contributed by atoms with E-state index in [0.29, 0.717) is 5.69 Å². The van der Waals surface area contributed by atoms with Crippen molar-refractivity contribution >= 4 is 28.9 Å². The molecular weight excluding hydrogens is 257 g/mol. The van der Waals surface area contributed by atoms with Crippen LogP contribution in [0.2, 0.25) is 5.02 Å². The van der Waals surface area contributed by atoms with Gasteiger partial charge in [-0.1, -0.05) is 11.6 Å². The Morgan fingerprint density at radius 1 is 1.33 bits per heavy atom. The fraction of sp³-hybridized carbons (Fsp3) is 0. The van der Waals surface area contributed by atoms with Gasteiger partial charge in [0.25, 0.3) is 0 Å². The summed E-state index contributed by atoms with van der Waals surface area (Å²) in [5.41, 5.74) is 6.28. The summed E-state index contributed by atoms with van der Waals surface area (Å²) in [5, 5.41) is 10.5. The number of halogens is 2. The van der Waals surface area contributed by atoms with Gasteiger partial charge in [-0.25, -0.2) is 14.4 Å². The Bertz CT molecular complexity index is 602. The minimum Gasteiger partial charge on any atom is -0.382 e. The average Bonchev–Trinajstić information content (AvgIpc) is 2.34. The summed E-state index contributed by atoms with van der Waals surface area (Å²) in [4.78, 5) is 7.75. The summed E-state index contributed by atoms with van der Waals surface area (Å²) >= 11 is 5.64. The van der Waals surface area contributed by atoms with Crippen LogP contribution in [0.1, 0.15) is 5.69 Å². The topological polar surface area (TPSA) is 87.7 Å². The smallest absolute Gasteiger partial charge is 0.153 e. The third-order valence-electron chi connectivity index (χ3n) is 2.15. The molecule has 5 nitrogen and oxygen atoms in total. The van der Waals surface area contributed by atoms with E-state index in [9.17, 15) is 4.39 Å². The molecule has 0 aliphatic heterocycles. The molecule has 0 saturated heterocycles. The van der Waals surface area contributed by atoms with E-state index in [4.69, 9.17) is 22.7 Å². The molecule has 0 unspecified atom stereocenters. The fourth-order valence-corrected chi connectivity index (χ4v) is 1.50. The number of nitrogens with two attached hydrogens (primary N) is 1. The molecule has 0 radical (unpaired) electrons. The SMILES string of the molecule is N=C(Nc1ccc(F)c(Cl)c1)c1nccnc1N. The van der Waals surface area contributed by atoms with Crippen molar-refractivity contribution in [3.05, 3.63) is 47.1 Å². The number of hydrogen-bond acceptors (Lipinski definition) is 4. The van der Waals surface area contributed by atoms with Crippen molar-refractivity contribution in [3.63, 3.8) is 0 Å². The number of nitrogens with one attached hydrogen (secondary N) is 2. The van der Waals surface area contributed by atoms with Gasteiger partial charge >= 0.3 is 0 Å². The monoisotopic (exact) mass is 265 g/mol. The Labute approximate surface area is 107 Å². The molecule has 0 fully saturated rings. The number of hydrogen-bond donors (Lipinski definition) is 3. The molecule has 1 heterocycles. The van der Waals surface area contributed by atoms with Gasteiger partial charge in [0.2, 0.25) is 0 Å². The summed E-state index contributed by atoms with van der Waals surface area (Å²) < 4.78 is 13.0. The number of nitrogens with zero attached hydrogens (tertiary/aromatic N) is 2. The van der Waals surface area contributed by atoms with Crippen molar-refractivity contribution in [1.82, 2.24) is 9.97 Å². The number of benzene rings is 1. The number of aromatic nitrogens is 2. The Morgan fingerprint density at radius 3 is 2.72 bits per heavy atom. The molecule has 2 aromatic rings. The quantitative estimate of drug-likeness (QED) is 0.574. The maximum atomic E-state index is 13.0. The Balaban J connectivity index is 2.22. The first-order valence-electron chi connectivity index (χ1n) is 4.95. The van der Waals surface area contributed by atoms with Gasteiger partial charge in [0.1, 0.15) is 11.5 Å². The van der Waals surface area contributed by atoms with Gasteiger partial charge in [0.15, 0.2) is 11.7 Å². The highest BCUT2D eigenvalue weighted by Crippen LogP contribution is 2.20. The zero-order valence-corrected chi connectivity index (χ0v) is 9.87. The molecule has 0 amide bonds. The van der Waals surface area contributed by atoms with Gasteiger partial charge in [-0.2, -0.15) is 0 Å². The van der Waals surface area contributed by atoms with Crippen LogP contribution in [0.25, 0.3) is 0 Å². The highest BCUT2D eigenvalue weighted by atomic mass is 35.5. The van der Waals surface area contributed by atoms with E-state index in [1.54, 1.807) is 0 Å². The van der Waals surface area contributed by atoms with Crippen LogP contribution in [0.4, 0.5) is 15.9 Å². The van der Waals surface area contributed by atoms with Crippen molar-refractivity contribution in [2.45, 2.75) is 0 Å². The molecular formula is C11H9ClFN5. The van der Waals surface area contributed by atoms with Crippen molar-refractivity contribution in [1.29, 1.82) is 5.41 Å². The average molecular weight is 266 g/mol. The van der Waals surface area contributed by atoms with Crippen molar-refractivity contribution < 1.29 is 4.39 Å². The summed E-state index contributed by atoms with van der Waals surface area (Å²) in [6.07, 6.45) is 2.86. The second-order valence-corrected chi connectivity index (χ2v) is 3.83. The van der Waals surface area contributed by atoms with E-state index >= 15 is 0 Å². The lowest BCUT2D eigenvalue weighted by Crippen LogP contribution is -2.16. The van der Waals surface area contributed by atoms with Crippen LogP contribution >= 0.6 is 11.6 Å². The normalized spacial score (nSPS) is 10.1. The summed E-state index contributed by atoms with van der Waals surface area (Å²) in [5.74, 6) is -0.417. The molecule has 92 valence electrons. The van der Waals surface area contributed by atoms with Gasteiger partial charge in [-0.3, -0.25) is 5.41 Å². The molecule has 0 bridgehead atoms. The molecule has 1 aromatic heterocycles. The van der Waals surface area contributed by atoms with E-state index in [2.05, 4.69) is 15.3 Å². The van der Waals surface area contributed by atoms with Crippen LogP contribution in [0.5, 0.6) is 0 Å². The van der Waals surface area contributed by atoms with Crippen LogP contribution in [0, 0.1) is 11.2 Å². The van der Waals surface area contributed by atoms with E-state index in [-0.39, 0.29) is 22.4 Å². The maximum absolute atomic E-state index is 13.0. The minimum atomic E-state index is -0.521. The first-order valence-corrected chi connectivity index (χ1v) is 5.33. The second kappa shape index (κ2) is 4.97. The zero-order chi connectivity index (χ0) is 13.1. The van der Waals surface area contributed by atoms with Crippen LogP contribution in [-0.4, -0.2) is 15.8 Å². The van der Waals surface area contributed by atoms with E-state index in [1.165, 1.54) is 30.6 Å². The molecule has 18 heavy (non-hydrogen) atoms. The van der Waals surface area contributed by atoms with Gasteiger partial charge < -0.3 is 11.1 Å². The van der Waals surface area contributed by atoms with E-state index < -0.39 is 5.82 Å². The van der Waals surface area contributed by atoms with Gasteiger partial charge in [-0.15, -0.1) is 0 Å². The summed E-state index contributed by atoms with van der Waals surface area (Å²) in [7, 11) is 0. The predicted molar refractivity (Wildman–Crippen MR) is 68.3 cm³/mol. The lowest BCUT2D eigenvalue weighted by atomic mass is 10.3. The molecule has 7 heteroatoms. The second-order valence-electron chi connectivity index (χ2n) is 3.42. The number of nitrogen functional groups attached to an aromatic ring is 1. The Kier molecular flexibility index (Phi) is 3.38. The first kappa shape index (κ1) is 12.3. The molecule has 2 rings (SSSR count). The van der Waals surface area contributed by atoms with Gasteiger partial charge in [0, 0.05) is 18.1 Å².